The highest BCUT2D eigenvalue weighted by molar-refractivity contribution is 6.22. The summed E-state index contributed by atoms with van der Waals surface area (Å²) in [5, 5.41) is 0. The van der Waals surface area contributed by atoms with Gasteiger partial charge in [-0.3, -0.25) is 19.3 Å². The van der Waals surface area contributed by atoms with Crippen LogP contribution in [0.15, 0.2) is 24.3 Å². The van der Waals surface area contributed by atoms with Crippen LogP contribution in [0, 0.1) is 11.8 Å². The molecule has 0 spiro atoms. The molecule has 6 nitrogen and oxygen atoms in total. The van der Waals surface area contributed by atoms with Gasteiger partial charge >= 0.3 is 0 Å². The predicted octanol–water partition coefficient (Wildman–Crippen LogP) is 2.31. The fraction of sp³-hybridized carbons (Fsp3) is 0.550. The molecular weight excluding hydrogens is 366 g/mol. The van der Waals surface area contributed by atoms with Crippen molar-refractivity contribution in [2.24, 2.45) is 17.6 Å². The van der Waals surface area contributed by atoms with E-state index >= 15 is 0 Å². The van der Waals surface area contributed by atoms with Crippen LogP contribution in [0.4, 0.5) is 0 Å². The summed E-state index contributed by atoms with van der Waals surface area (Å²) in [6, 6.07) is 5.99. The smallest absolute Gasteiger partial charge is 0.262 e. The van der Waals surface area contributed by atoms with E-state index in [9.17, 15) is 14.4 Å². The second-order valence-electron chi connectivity index (χ2n) is 7.76. The maximum atomic E-state index is 13.3. The first-order valence-electron chi connectivity index (χ1n) is 9.34. The van der Waals surface area contributed by atoms with Crippen LogP contribution in [0.1, 0.15) is 54.3 Å². The van der Waals surface area contributed by atoms with Gasteiger partial charge in [-0.15, -0.1) is 12.4 Å². The topological polar surface area (TPSA) is 83.7 Å². The van der Waals surface area contributed by atoms with Crippen molar-refractivity contribution in [3.63, 3.8) is 0 Å². The lowest BCUT2D eigenvalue weighted by Gasteiger charge is -2.39. The van der Waals surface area contributed by atoms with Gasteiger partial charge in [-0.2, -0.15) is 0 Å². The van der Waals surface area contributed by atoms with Crippen LogP contribution in [0.5, 0.6) is 0 Å². The molecule has 1 saturated heterocycles. The molecule has 27 heavy (non-hydrogen) atoms. The standard InChI is InChI=1S/C20H27N3O3.ClH/c1-12(2)17(20(26)22-10-6-7-14(11-22)13(3)21)23-18(24)15-8-4-5-9-16(15)19(23)25;/h4-5,8-9,12-14,17H,6-7,10-11,21H2,1-3H3;1H. The Balaban J connectivity index is 0.00000261. The van der Waals surface area contributed by atoms with E-state index in [0.717, 1.165) is 17.7 Å². The fourth-order valence-corrected chi connectivity index (χ4v) is 3.98. The van der Waals surface area contributed by atoms with Gasteiger partial charge in [-0.1, -0.05) is 26.0 Å². The number of nitrogens with zero attached hydrogens (tertiary/aromatic N) is 2. The molecule has 3 atom stereocenters. The predicted molar refractivity (Wildman–Crippen MR) is 106 cm³/mol. The molecule has 0 radical (unpaired) electrons. The van der Waals surface area contributed by atoms with Gasteiger partial charge in [-0.25, -0.2) is 0 Å². The third-order valence-corrected chi connectivity index (χ3v) is 5.50. The van der Waals surface area contributed by atoms with E-state index in [-0.39, 0.29) is 48.0 Å². The van der Waals surface area contributed by atoms with Gasteiger partial charge in [0.2, 0.25) is 5.91 Å². The molecule has 0 aliphatic carbocycles. The number of hydrogen-bond donors (Lipinski definition) is 1. The number of hydrogen-bond acceptors (Lipinski definition) is 4. The van der Waals surface area contributed by atoms with E-state index in [1.54, 1.807) is 29.2 Å². The van der Waals surface area contributed by atoms with Crippen molar-refractivity contribution in [2.75, 3.05) is 13.1 Å². The SMILES string of the molecule is CC(C)C(C(=O)N1CCCC(C(C)N)C1)N1C(=O)c2ccccc2C1=O.Cl. The minimum atomic E-state index is -0.783. The number of nitrogens with two attached hydrogens (primary N) is 1. The minimum Gasteiger partial charge on any atom is -0.341 e. The Labute approximate surface area is 166 Å². The van der Waals surface area contributed by atoms with E-state index in [0.29, 0.717) is 24.2 Å². The number of imide groups is 1. The Bertz CT molecular complexity index is 700. The van der Waals surface area contributed by atoms with E-state index in [1.807, 2.05) is 20.8 Å². The van der Waals surface area contributed by atoms with E-state index in [4.69, 9.17) is 5.73 Å². The van der Waals surface area contributed by atoms with Crippen LogP contribution in [0.3, 0.4) is 0 Å². The largest absolute Gasteiger partial charge is 0.341 e. The molecule has 3 rings (SSSR count). The van der Waals surface area contributed by atoms with Gasteiger partial charge in [-0.05, 0) is 43.7 Å². The molecule has 2 aliphatic rings. The number of fused-ring (bicyclic) bond motifs is 1. The van der Waals surface area contributed by atoms with Crippen LogP contribution in [-0.2, 0) is 4.79 Å². The zero-order valence-electron chi connectivity index (χ0n) is 16.1. The lowest BCUT2D eigenvalue weighted by molar-refractivity contribution is -0.138. The Morgan fingerprint density at radius 1 is 1.11 bits per heavy atom. The highest BCUT2D eigenvalue weighted by Gasteiger charge is 2.45. The summed E-state index contributed by atoms with van der Waals surface area (Å²) >= 11 is 0. The average molecular weight is 394 g/mol. The monoisotopic (exact) mass is 393 g/mol. The van der Waals surface area contributed by atoms with Crippen LogP contribution in [-0.4, -0.2) is 52.7 Å². The maximum Gasteiger partial charge on any atom is 0.262 e. The van der Waals surface area contributed by atoms with Crippen LogP contribution >= 0.6 is 12.4 Å². The van der Waals surface area contributed by atoms with Crippen LogP contribution in [0.2, 0.25) is 0 Å². The van der Waals surface area contributed by atoms with E-state index in [1.165, 1.54) is 0 Å². The Kier molecular flexibility index (Phi) is 6.65. The number of carbonyl (C=O) groups is 3. The van der Waals surface area contributed by atoms with Crippen LogP contribution in [0.25, 0.3) is 0 Å². The number of likely N-dealkylation sites (tertiary alicyclic amines) is 1. The third kappa shape index (κ3) is 3.87. The van der Waals surface area contributed by atoms with Gasteiger partial charge in [0, 0.05) is 19.1 Å². The zero-order chi connectivity index (χ0) is 19.0. The highest BCUT2D eigenvalue weighted by atomic mass is 35.5. The summed E-state index contributed by atoms with van der Waals surface area (Å²) in [6.45, 7) is 6.94. The number of amides is 3. The van der Waals surface area contributed by atoms with E-state index < -0.39 is 6.04 Å². The number of benzene rings is 1. The molecular formula is C20H28ClN3O3. The second-order valence-corrected chi connectivity index (χ2v) is 7.76. The summed E-state index contributed by atoms with van der Waals surface area (Å²) in [5.41, 5.74) is 6.79. The zero-order valence-corrected chi connectivity index (χ0v) is 16.9. The van der Waals surface area contributed by atoms with Gasteiger partial charge in [0.15, 0.2) is 0 Å². The number of halogens is 1. The fourth-order valence-electron chi connectivity index (χ4n) is 3.98. The second kappa shape index (κ2) is 8.40. The maximum absolute atomic E-state index is 13.3. The van der Waals surface area contributed by atoms with Crippen molar-refractivity contribution < 1.29 is 14.4 Å². The molecule has 0 bridgehead atoms. The van der Waals surface area contributed by atoms with Crippen molar-refractivity contribution >= 4 is 30.1 Å². The molecule has 0 saturated carbocycles. The van der Waals surface area contributed by atoms with Gasteiger partial charge < -0.3 is 10.6 Å². The van der Waals surface area contributed by atoms with E-state index in [2.05, 4.69) is 0 Å². The Hall–Kier alpha value is -1.92. The third-order valence-electron chi connectivity index (χ3n) is 5.50. The first kappa shape index (κ1) is 21.4. The molecule has 1 aromatic carbocycles. The molecule has 3 amide bonds. The Morgan fingerprint density at radius 3 is 2.15 bits per heavy atom. The number of piperidine rings is 1. The molecule has 3 unspecified atom stereocenters. The molecule has 7 heteroatoms. The molecule has 0 aromatic heterocycles. The summed E-state index contributed by atoms with van der Waals surface area (Å²) in [7, 11) is 0. The van der Waals surface area contributed by atoms with Crippen molar-refractivity contribution in [1.82, 2.24) is 9.80 Å². The van der Waals surface area contributed by atoms with Crippen LogP contribution < -0.4 is 5.73 Å². The molecule has 1 fully saturated rings. The normalized spacial score (nSPS) is 21.7. The van der Waals surface area contributed by atoms with Crippen molar-refractivity contribution in [3.05, 3.63) is 35.4 Å². The first-order valence-corrected chi connectivity index (χ1v) is 9.34. The lowest BCUT2D eigenvalue weighted by Crippen LogP contribution is -2.56. The summed E-state index contributed by atoms with van der Waals surface area (Å²) in [6.07, 6.45) is 1.89. The molecule has 2 N–H and O–H groups in total. The summed E-state index contributed by atoms with van der Waals surface area (Å²) in [5.74, 6) is -0.820. The summed E-state index contributed by atoms with van der Waals surface area (Å²) < 4.78 is 0. The van der Waals surface area contributed by atoms with Crippen molar-refractivity contribution in [2.45, 2.75) is 45.7 Å². The first-order chi connectivity index (χ1) is 12.3. The van der Waals surface area contributed by atoms with Crippen molar-refractivity contribution in [1.29, 1.82) is 0 Å². The molecule has 1 aromatic rings. The Morgan fingerprint density at radius 2 is 1.67 bits per heavy atom. The highest BCUT2D eigenvalue weighted by Crippen LogP contribution is 2.29. The summed E-state index contributed by atoms with van der Waals surface area (Å²) in [4.78, 5) is 41.9. The average Bonchev–Trinajstić information content (AvgIpc) is 2.87. The van der Waals surface area contributed by atoms with Crippen molar-refractivity contribution in [3.8, 4) is 0 Å². The quantitative estimate of drug-likeness (QED) is 0.795. The number of rotatable bonds is 4. The van der Waals surface area contributed by atoms with Gasteiger partial charge in [0.1, 0.15) is 6.04 Å². The number of carbonyl (C=O) groups excluding carboxylic acids is 3. The lowest BCUT2D eigenvalue weighted by atomic mass is 9.91. The molecule has 2 aliphatic heterocycles. The molecule has 2 heterocycles. The van der Waals surface area contributed by atoms with Gasteiger partial charge in [0.25, 0.3) is 11.8 Å². The van der Waals surface area contributed by atoms with Gasteiger partial charge in [0.05, 0.1) is 11.1 Å². The minimum absolute atomic E-state index is 0. The molecule has 148 valence electrons.